The molecule has 1 aromatic carbocycles. The number of carbonyl (C=O) groups is 1. The van der Waals surface area contributed by atoms with Gasteiger partial charge in [0.05, 0.1) is 36.2 Å². The van der Waals surface area contributed by atoms with Gasteiger partial charge in [-0.1, -0.05) is 23.2 Å². The van der Waals surface area contributed by atoms with Crippen molar-refractivity contribution in [2.45, 2.75) is 25.3 Å². The number of benzene rings is 1. The van der Waals surface area contributed by atoms with Gasteiger partial charge in [-0.25, -0.2) is 9.19 Å². The average molecular weight is 537 g/mol. The van der Waals surface area contributed by atoms with Gasteiger partial charge >= 0.3 is 0 Å². The molecule has 0 saturated carbocycles. The molecule has 2 aliphatic rings. The van der Waals surface area contributed by atoms with Crippen LogP contribution in [0.4, 0.5) is 11.5 Å². The summed E-state index contributed by atoms with van der Waals surface area (Å²) in [5.41, 5.74) is 2.28. The number of ether oxygens (including phenoxy) is 1. The molecular formula is C23H26Cl2N6O3S. The first kappa shape index (κ1) is 24.3. The topological polar surface area (TPSA) is 92.1 Å². The molecule has 0 bridgehead atoms. The van der Waals surface area contributed by atoms with E-state index in [4.69, 9.17) is 33.0 Å². The van der Waals surface area contributed by atoms with Crippen molar-refractivity contribution in [2.24, 2.45) is 0 Å². The molecule has 2 fully saturated rings. The normalized spacial score (nSPS) is 19.7. The Morgan fingerprint density at radius 3 is 2.71 bits per heavy atom. The number of aromatic nitrogens is 3. The largest absolute Gasteiger partial charge is 0.378 e. The van der Waals surface area contributed by atoms with Gasteiger partial charge in [-0.3, -0.25) is 4.79 Å². The highest BCUT2D eigenvalue weighted by atomic mass is 35.5. The lowest BCUT2D eigenvalue weighted by molar-refractivity contribution is 0.0607. The van der Waals surface area contributed by atoms with Crippen LogP contribution in [-0.2, 0) is 15.7 Å². The van der Waals surface area contributed by atoms with Crippen LogP contribution in [0.15, 0.2) is 30.3 Å². The van der Waals surface area contributed by atoms with Crippen LogP contribution in [0.3, 0.4) is 0 Å². The lowest BCUT2D eigenvalue weighted by Gasteiger charge is -2.35. The van der Waals surface area contributed by atoms with Crippen LogP contribution in [0.2, 0.25) is 10.2 Å². The molecule has 2 unspecified atom stereocenters. The fraction of sp³-hybridized carbons (Fsp3) is 0.435. The predicted molar refractivity (Wildman–Crippen MR) is 138 cm³/mol. The van der Waals surface area contributed by atoms with E-state index in [1.54, 1.807) is 22.7 Å². The molecule has 1 amide bonds. The molecule has 4 heterocycles. The number of likely N-dealkylation sites (tertiary alicyclic amines) is 1. The Labute approximate surface area is 215 Å². The Morgan fingerprint density at radius 1 is 1.14 bits per heavy atom. The van der Waals surface area contributed by atoms with E-state index in [9.17, 15) is 9.00 Å². The molecule has 2 atom stereocenters. The molecule has 2 aliphatic heterocycles. The summed E-state index contributed by atoms with van der Waals surface area (Å²) in [4.78, 5) is 22.2. The quantitative estimate of drug-likeness (QED) is 0.496. The van der Waals surface area contributed by atoms with Crippen LogP contribution in [0.5, 0.6) is 0 Å². The minimum absolute atomic E-state index is 0.179. The average Bonchev–Trinajstić information content (AvgIpc) is 3.28. The van der Waals surface area contributed by atoms with Gasteiger partial charge in [0.25, 0.3) is 5.91 Å². The number of morpholine rings is 1. The predicted octanol–water partition coefficient (Wildman–Crippen LogP) is 3.95. The van der Waals surface area contributed by atoms with Crippen molar-refractivity contribution < 1.29 is 13.7 Å². The third-order valence-corrected chi connectivity index (χ3v) is 7.24. The van der Waals surface area contributed by atoms with Gasteiger partial charge < -0.3 is 19.3 Å². The molecule has 186 valence electrons. The van der Waals surface area contributed by atoms with E-state index in [0.29, 0.717) is 46.8 Å². The van der Waals surface area contributed by atoms with Crippen LogP contribution in [0.25, 0.3) is 5.65 Å². The first-order valence-corrected chi connectivity index (χ1v) is 13.8. The molecule has 0 spiro atoms. The standard InChI is InChI=1S/C23H26Cl2N6O3S/c1-35(33)28-17-6-5-15(24)12-16(17)23(32)30-7-3-2-4-19(30)18-13-21-26-20(25)14-22(31(21)27-18)29-8-10-34-11-9-29/h5-6,12-14,19,28H,2-4,7-11H2,1H3. The maximum atomic E-state index is 13.8. The number of rotatable bonds is 5. The van der Waals surface area contributed by atoms with Crippen molar-refractivity contribution in [1.82, 2.24) is 19.5 Å². The number of nitrogens with zero attached hydrogens (tertiary/aromatic N) is 5. The van der Waals surface area contributed by atoms with E-state index in [2.05, 4.69) is 14.6 Å². The minimum atomic E-state index is -1.33. The molecule has 2 saturated heterocycles. The molecule has 0 aliphatic carbocycles. The number of carbonyl (C=O) groups excluding carboxylic acids is 1. The van der Waals surface area contributed by atoms with Gasteiger partial charge in [-0.15, -0.1) is 0 Å². The van der Waals surface area contributed by atoms with E-state index < -0.39 is 11.0 Å². The van der Waals surface area contributed by atoms with E-state index in [-0.39, 0.29) is 11.9 Å². The maximum Gasteiger partial charge on any atom is 0.256 e. The number of piperidine rings is 1. The molecule has 3 aromatic rings. The molecule has 12 heteroatoms. The van der Waals surface area contributed by atoms with Crippen molar-refractivity contribution in [1.29, 1.82) is 0 Å². The van der Waals surface area contributed by atoms with E-state index in [0.717, 1.165) is 43.9 Å². The lowest BCUT2D eigenvalue weighted by Crippen LogP contribution is -2.39. The molecule has 5 rings (SSSR count). The SMILES string of the molecule is CS(=O)Nc1ccc(Cl)cc1C(=O)N1CCCCC1c1cc2nc(Cl)cc(N3CCOCC3)n2n1. The Morgan fingerprint density at radius 2 is 1.94 bits per heavy atom. The smallest absolute Gasteiger partial charge is 0.256 e. The second-order valence-corrected chi connectivity index (χ2v) is 10.6. The van der Waals surface area contributed by atoms with Crippen molar-refractivity contribution in [3.8, 4) is 0 Å². The first-order valence-electron chi connectivity index (χ1n) is 11.5. The van der Waals surface area contributed by atoms with Gasteiger partial charge in [0.15, 0.2) is 5.65 Å². The molecule has 0 radical (unpaired) electrons. The Kier molecular flexibility index (Phi) is 7.15. The summed E-state index contributed by atoms with van der Waals surface area (Å²) in [6, 6.07) is 8.47. The van der Waals surface area contributed by atoms with Gasteiger partial charge in [0.1, 0.15) is 22.0 Å². The molecule has 9 nitrogen and oxygen atoms in total. The van der Waals surface area contributed by atoms with E-state index >= 15 is 0 Å². The number of anilines is 2. The second kappa shape index (κ2) is 10.3. The summed E-state index contributed by atoms with van der Waals surface area (Å²) in [6.07, 6.45) is 4.17. The van der Waals surface area contributed by atoms with E-state index in [1.807, 2.05) is 17.0 Å². The zero-order valence-electron chi connectivity index (χ0n) is 19.2. The van der Waals surface area contributed by atoms with Gasteiger partial charge in [-0.2, -0.15) is 9.61 Å². The third kappa shape index (κ3) is 5.11. The van der Waals surface area contributed by atoms with Crippen LogP contribution in [0.1, 0.15) is 41.4 Å². The van der Waals surface area contributed by atoms with Crippen LogP contribution in [-0.4, -0.2) is 68.7 Å². The molecule has 2 aromatic heterocycles. The number of hydrogen-bond donors (Lipinski definition) is 1. The number of nitrogens with one attached hydrogen (secondary N) is 1. The summed E-state index contributed by atoms with van der Waals surface area (Å²) in [6.45, 7) is 3.34. The highest BCUT2D eigenvalue weighted by Crippen LogP contribution is 2.35. The number of fused-ring (bicyclic) bond motifs is 1. The minimum Gasteiger partial charge on any atom is -0.378 e. The summed E-state index contributed by atoms with van der Waals surface area (Å²) in [5, 5.41) is 5.73. The van der Waals surface area contributed by atoms with Crippen LogP contribution >= 0.6 is 23.2 Å². The van der Waals surface area contributed by atoms with Crippen LogP contribution in [0, 0.1) is 0 Å². The molecule has 35 heavy (non-hydrogen) atoms. The Balaban J connectivity index is 1.52. The van der Waals surface area contributed by atoms with Gasteiger partial charge in [0.2, 0.25) is 0 Å². The zero-order chi connectivity index (χ0) is 24.5. The monoisotopic (exact) mass is 536 g/mol. The zero-order valence-corrected chi connectivity index (χ0v) is 21.6. The number of hydrogen-bond acceptors (Lipinski definition) is 6. The van der Waals surface area contributed by atoms with Gasteiger partial charge in [-0.05, 0) is 37.5 Å². The first-order chi connectivity index (χ1) is 16.9. The summed E-state index contributed by atoms with van der Waals surface area (Å²) >= 11 is 12.6. The third-order valence-electron chi connectivity index (χ3n) is 6.30. The van der Waals surface area contributed by atoms with Crippen molar-refractivity contribution in [3.05, 3.63) is 51.8 Å². The van der Waals surface area contributed by atoms with Crippen LogP contribution < -0.4 is 9.62 Å². The fourth-order valence-corrected chi connectivity index (χ4v) is 5.55. The summed E-state index contributed by atoms with van der Waals surface area (Å²) < 4.78 is 22.0. The number of halogens is 2. The Bertz CT molecular complexity index is 1280. The highest BCUT2D eigenvalue weighted by Gasteiger charge is 2.32. The second-order valence-electron chi connectivity index (χ2n) is 8.63. The number of amides is 1. The van der Waals surface area contributed by atoms with Gasteiger partial charge in [0, 0.05) is 43.0 Å². The molecular weight excluding hydrogens is 511 g/mol. The summed E-state index contributed by atoms with van der Waals surface area (Å²) in [5.74, 6) is 0.677. The molecule has 1 N–H and O–H groups in total. The Hall–Kier alpha value is -2.40. The van der Waals surface area contributed by atoms with Crippen molar-refractivity contribution in [2.75, 3.05) is 48.7 Å². The highest BCUT2D eigenvalue weighted by molar-refractivity contribution is 7.85. The summed E-state index contributed by atoms with van der Waals surface area (Å²) in [7, 11) is -1.33. The van der Waals surface area contributed by atoms with E-state index in [1.165, 1.54) is 6.26 Å². The lowest BCUT2D eigenvalue weighted by atomic mass is 9.98. The maximum absolute atomic E-state index is 13.8. The fourth-order valence-electron chi connectivity index (χ4n) is 4.70. The van der Waals surface area contributed by atoms with Crippen molar-refractivity contribution >= 4 is 57.2 Å². The van der Waals surface area contributed by atoms with Crippen molar-refractivity contribution in [3.63, 3.8) is 0 Å².